The highest BCUT2D eigenvalue weighted by Gasteiger charge is 2.26. The molecule has 51 heavy (non-hydrogen) atoms. The van der Waals surface area contributed by atoms with Crippen LogP contribution in [0.2, 0.25) is 0 Å². The van der Waals surface area contributed by atoms with Gasteiger partial charge in [-0.2, -0.15) is 0 Å². The van der Waals surface area contributed by atoms with Crippen LogP contribution in [0.25, 0.3) is 65.4 Å². The van der Waals surface area contributed by atoms with Crippen LogP contribution in [0.3, 0.4) is 0 Å². The lowest BCUT2D eigenvalue weighted by Gasteiger charge is -2.27. The number of amidine groups is 2. The van der Waals surface area contributed by atoms with Crippen molar-refractivity contribution in [2.24, 2.45) is 9.98 Å². The highest BCUT2D eigenvalue weighted by atomic mass is 16.3. The Hall–Kier alpha value is -6.72. The lowest BCUT2D eigenvalue weighted by atomic mass is 9.89. The zero-order chi connectivity index (χ0) is 33.5. The van der Waals surface area contributed by atoms with E-state index >= 15 is 0 Å². The third kappa shape index (κ3) is 4.41. The van der Waals surface area contributed by atoms with E-state index in [1.165, 1.54) is 32.8 Å². The zero-order valence-electron chi connectivity index (χ0n) is 27.5. The Bertz CT molecular complexity index is 2970. The predicted octanol–water partition coefficient (Wildman–Crippen LogP) is 11.1. The summed E-state index contributed by atoms with van der Waals surface area (Å²) in [6.45, 7) is 0.795. The van der Waals surface area contributed by atoms with E-state index in [1.807, 2.05) is 12.1 Å². The molecule has 8 aromatic carbocycles. The number of para-hydroxylation sites is 1. The van der Waals surface area contributed by atoms with Gasteiger partial charge in [0.25, 0.3) is 0 Å². The summed E-state index contributed by atoms with van der Waals surface area (Å²) in [4.78, 5) is 10.6. The number of nitrogens with one attached hydrogen (secondary N) is 2. The second-order valence-corrected chi connectivity index (χ2v) is 13.4. The second kappa shape index (κ2) is 10.9. The third-order valence-corrected chi connectivity index (χ3v) is 10.5. The van der Waals surface area contributed by atoms with Gasteiger partial charge in [-0.05, 0) is 79.3 Å². The lowest BCUT2D eigenvalue weighted by Crippen LogP contribution is -2.33. The van der Waals surface area contributed by atoms with E-state index in [4.69, 9.17) is 14.4 Å². The average Bonchev–Trinajstić information content (AvgIpc) is 3.58. The van der Waals surface area contributed by atoms with E-state index in [1.54, 1.807) is 0 Å². The first-order chi connectivity index (χ1) is 25.2. The Balaban J connectivity index is 1.10. The van der Waals surface area contributed by atoms with E-state index in [9.17, 15) is 0 Å². The van der Waals surface area contributed by atoms with Crippen LogP contribution in [-0.4, -0.2) is 11.7 Å². The minimum absolute atomic E-state index is 0.375. The van der Waals surface area contributed by atoms with Gasteiger partial charge in [-0.3, -0.25) is 0 Å². The number of fused-ring (bicyclic) bond motifs is 11. The quantitative estimate of drug-likeness (QED) is 0.199. The van der Waals surface area contributed by atoms with Crippen LogP contribution in [-0.2, 0) is 6.54 Å². The monoisotopic (exact) mass is 654 g/mol. The molecule has 0 saturated heterocycles. The Morgan fingerprint density at radius 1 is 0.549 bits per heavy atom. The SMILES string of the molecule is c1ccc2cc(C3=NC(c4ccc5c(c4)-c4ccc6ccccc6c4CN5)NC(c4cc5oc6ccccc6c5c5ccccc45)=N3)ccc2c1. The summed E-state index contributed by atoms with van der Waals surface area (Å²) in [6, 6.07) is 53.6. The molecule has 2 aliphatic rings. The number of aliphatic imine (C=N–C) groups is 2. The molecule has 3 heterocycles. The summed E-state index contributed by atoms with van der Waals surface area (Å²) in [5.74, 6) is 1.45. The number of rotatable bonds is 3. The van der Waals surface area contributed by atoms with Crippen molar-refractivity contribution in [1.82, 2.24) is 5.32 Å². The van der Waals surface area contributed by atoms with Crippen LogP contribution in [0.5, 0.6) is 0 Å². The molecule has 5 heteroatoms. The molecule has 240 valence electrons. The summed E-state index contributed by atoms with van der Waals surface area (Å²) in [7, 11) is 0. The third-order valence-electron chi connectivity index (χ3n) is 10.5. The largest absolute Gasteiger partial charge is 0.456 e. The standard InChI is InChI=1S/C46H30N4O/c1-2-11-29-23-30(18-17-27(29)9-1)44-48-45(31-20-22-40-37(24-31)34-21-19-28-10-3-4-12-32(28)39(34)26-47-40)50-46(49-44)38-25-42-43(35-14-6-5-13-33(35)38)36-15-7-8-16-41(36)51-42/h1-25,45,47H,26H2,(H,48,49,50). The minimum Gasteiger partial charge on any atom is -0.456 e. The molecule has 0 saturated carbocycles. The molecule has 9 aromatic rings. The summed E-state index contributed by atoms with van der Waals surface area (Å²) < 4.78 is 6.47. The van der Waals surface area contributed by atoms with Crippen LogP contribution in [0.15, 0.2) is 166 Å². The van der Waals surface area contributed by atoms with Crippen molar-refractivity contribution >= 4 is 71.6 Å². The fourth-order valence-corrected chi connectivity index (χ4v) is 8.07. The Morgan fingerprint density at radius 3 is 2.20 bits per heavy atom. The molecule has 0 spiro atoms. The first-order valence-corrected chi connectivity index (χ1v) is 17.4. The van der Waals surface area contributed by atoms with Crippen LogP contribution in [0.4, 0.5) is 5.69 Å². The molecular formula is C46H30N4O. The van der Waals surface area contributed by atoms with Crippen LogP contribution < -0.4 is 10.6 Å². The molecule has 1 aromatic heterocycles. The van der Waals surface area contributed by atoms with Crippen molar-refractivity contribution in [3.05, 3.63) is 174 Å². The molecule has 0 fully saturated rings. The average molecular weight is 655 g/mol. The van der Waals surface area contributed by atoms with Crippen LogP contribution in [0, 0.1) is 0 Å². The summed E-state index contributed by atoms with van der Waals surface area (Å²) in [6.07, 6.45) is -0.375. The summed E-state index contributed by atoms with van der Waals surface area (Å²) in [5.41, 5.74) is 9.63. The number of nitrogens with zero attached hydrogens (tertiary/aromatic N) is 2. The van der Waals surface area contributed by atoms with Gasteiger partial charge in [0, 0.05) is 39.7 Å². The van der Waals surface area contributed by atoms with Gasteiger partial charge in [0.15, 0.2) is 5.84 Å². The van der Waals surface area contributed by atoms with Crippen molar-refractivity contribution in [3.63, 3.8) is 0 Å². The Kier molecular flexibility index (Phi) is 6.01. The van der Waals surface area contributed by atoms with Gasteiger partial charge in [0.2, 0.25) is 0 Å². The maximum atomic E-state index is 6.47. The lowest BCUT2D eigenvalue weighted by molar-refractivity contribution is 0.667. The first kappa shape index (κ1) is 28.2. The Morgan fingerprint density at radius 2 is 1.29 bits per heavy atom. The molecule has 5 nitrogen and oxygen atoms in total. The minimum atomic E-state index is -0.375. The van der Waals surface area contributed by atoms with Gasteiger partial charge in [-0.1, -0.05) is 121 Å². The number of benzene rings is 8. The molecule has 2 aliphatic heterocycles. The summed E-state index contributed by atoms with van der Waals surface area (Å²) in [5, 5.41) is 16.8. The summed E-state index contributed by atoms with van der Waals surface area (Å²) >= 11 is 0. The molecule has 11 rings (SSSR count). The fourth-order valence-electron chi connectivity index (χ4n) is 8.07. The van der Waals surface area contributed by atoms with Crippen molar-refractivity contribution < 1.29 is 4.42 Å². The highest BCUT2D eigenvalue weighted by molar-refractivity contribution is 6.26. The van der Waals surface area contributed by atoms with Crippen LogP contribution in [0.1, 0.15) is 28.4 Å². The van der Waals surface area contributed by atoms with E-state index < -0.39 is 0 Å². The van der Waals surface area contributed by atoms with Gasteiger partial charge in [0.1, 0.15) is 23.2 Å². The zero-order valence-corrected chi connectivity index (χ0v) is 27.5. The highest BCUT2D eigenvalue weighted by Crippen LogP contribution is 2.41. The van der Waals surface area contributed by atoms with Crippen molar-refractivity contribution in [3.8, 4) is 11.1 Å². The number of hydrogen-bond acceptors (Lipinski definition) is 5. The molecule has 0 aliphatic carbocycles. The predicted molar refractivity (Wildman–Crippen MR) is 211 cm³/mol. The number of anilines is 1. The number of hydrogen-bond donors (Lipinski definition) is 2. The van der Waals surface area contributed by atoms with Crippen molar-refractivity contribution in [2.45, 2.75) is 12.7 Å². The molecule has 0 radical (unpaired) electrons. The normalized spacial score (nSPS) is 15.3. The van der Waals surface area contributed by atoms with E-state index in [0.717, 1.165) is 72.9 Å². The molecular weight excluding hydrogens is 625 g/mol. The molecule has 2 N–H and O–H groups in total. The van der Waals surface area contributed by atoms with Gasteiger partial charge >= 0.3 is 0 Å². The molecule has 1 unspecified atom stereocenters. The molecule has 1 atom stereocenters. The fraction of sp³-hybridized carbons (Fsp3) is 0.0435. The number of furan rings is 1. The maximum Gasteiger partial charge on any atom is 0.159 e. The van der Waals surface area contributed by atoms with E-state index in [2.05, 4.69) is 150 Å². The van der Waals surface area contributed by atoms with Gasteiger partial charge in [-0.25, -0.2) is 9.98 Å². The second-order valence-electron chi connectivity index (χ2n) is 13.4. The smallest absolute Gasteiger partial charge is 0.159 e. The maximum absolute atomic E-state index is 6.47. The van der Waals surface area contributed by atoms with Crippen LogP contribution >= 0.6 is 0 Å². The molecule has 0 bridgehead atoms. The van der Waals surface area contributed by atoms with E-state index in [-0.39, 0.29) is 6.17 Å². The van der Waals surface area contributed by atoms with Crippen molar-refractivity contribution in [1.29, 1.82) is 0 Å². The Labute approximate surface area is 293 Å². The molecule has 0 amide bonds. The van der Waals surface area contributed by atoms with Gasteiger partial charge < -0.3 is 15.1 Å². The topological polar surface area (TPSA) is 61.9 Å². The van der Waals surface area contributed by atoms with Gasteiger partial charge in [0.05, 0.1) is 0 Å². The first-order valence-electron chi connectivity index (χ1n) is 17.4. The van der Waals surface area contributed by atoms with Crippen molar-refractivity contribution in [2.75, 3.05) is 5.32 Å². The van der Waals surface area contributed by atoms with Gasteiger partial charge in [-0.15, -0.1) is 0 Å². The van der Waals surface area contributed by atoms with E-state index in [0.29, 0.717) is 5.84 Å².